The maximum Gasteiger partial charge on any atom is 0.330 e. The predicted molar refractivity (Wildman–Crippen MR) is 153 cm³/mol. The number of aliphatic hydroxyl groups is 10. The first-order valence-electron chi connectivity index (χ1n) is 13.4. The van der Waals surface area contributed by atoms with Crippen LogP contribution in [0.4, 0.5) is 0 Å². The van der Waals surface area contributed by atoms with Crippen molar-refractivity contribution >= 4 is 23.9 Å². The first-order chi connectivity index (χ1) is 21.7. The van der Waals surface area contributed by atoms with Gasteiger partial charge in [-0.15, -0.1) is 0 Å². The molecule has 4 atom stereocenters. The Hall–Kier alpha value is -3.64. The van der Waals surface area contributed by atoms with Gasteiger partial charge in [0.15, 0.2) is 0 Å². The molecule has 0 aliphatic carbocycles. The highest BCUT2D eigenvalue weighted by Gasteiger charge is 2.67. The van der Waals surface area contributed by atoms with Gasteiger partial charge in [0.05, 0.1) is 0 Å². The summed E-state index contributed by atoms with van der Waals surface area (Å²) in [5.41, 5.74) is 0. The molecule has 47 heavy (non-hydrogen) atoms. The third-order valence-electron chi connectivity index (χ3n) is 5.88. The standard InChI is InChI=1S/C27H42N2O18/c1-5-21(34)44-13-17(30)9-28(10-18(31)14-45-22(35)6-2)26(40,41)25(38,39)27(42,43)29(11-19(32)15-46-23(36)7-3)12-20(33)16-47-24(37)8-4/h5-8,17-20,30-33,38-43H,1-4,9-16H2. The van der Waals surface area contributed by atoms with Crippen LogP contribution in [-0.4, -0.2) is 179 Å². The Labute approximate surface area is 268 Å². The van der Waals surface area contributed by atoms with Crippen molar-refractivity contribution in [2.75, 3.05) is 52.6 Å². The second-order valence-corrected chi connectivity index (χ2v) is 9.70. The molecule has 0 radical (unpaired) electrons. The fraction of sp³-hybridized carbons (Fsp3) is 0.556. The predicted octanol–water partition coefficient (Wildman–Crippen LogP) is -6.09. The quantitative estimate of drug-likeness (QED) is 0.0196. The second-order valence-electron chi connectivity index (χ2n) is 9.70. The van der Waals surface area contributed by atoms with E-state index in [1.54, 1.807) is 0 Å². The molecular weight excluding hydrogens is 640 g/mol. The number of carbonyl (C=O) groups is 4. The Morgan fingerprint density at radius 1 is 0.489 bits per heavy atom. The SMILES string of the molecule is C=CC(=O)OCC(O)CN(CC(O)COC(=O)C=C)C(O)(O)C(O)(O)C(O)(O)N(CC(O)COC(=O)C=C)CC(O)COC(=O)C=C. The van der Waals surface area contributed by atoms with Gasteiger partial charge in [0.1, 0.15) is 50.8 Å². The number of aliphatic hydroxyl groups excluding tert-OH is 4. The minimum Gasteiger partial charge on any atom is -0.460 e. The maximum absolute atomic E-state index is 11.4. The minimum atomic E-state index is -4.63. The highest BCUT2D eigenvalue weighted by atomic mass is 16.7. The average molecular weight is 683 g/mol. The summed E-state index contributed by atoms with van der Waals surface area (Å²) in [4.78, 5) is 45.6. The molecule has 0 saturated heterocycles. The van der Waals surface area contributed by atoms with Gasteiger partial charge in [-0.25, -0.2) is 29.0 Å². The summed E-state index contributed by atoms with van der Waals surface area (Å²) in [6, 6.07) is 0. The van der Waals surface area contributed by atoms with Crippen LogP contribution in [0.3, 0.4) is 0 Å². The molecule has 0 aliphatic heterocycles. The number of nitrogens with zero attached hydrogens (tertiary/aromatic N) is 2. The highest BCUT2D eigenvalue weighted by molar-refractivity contribution is 5.82. The van der Waals surface area contributed by atoms with E-state index in [4.69, 9.17) is 0 Å². The molecular formula is C27H42N2O18. The van der Waals surface area contributed by atoms with Gasteiger partial charge in [0.2, 0.25) is 0 Å². The van der Waals surface area contributed by atoms with Crippen molar-refractivity contribution in [3.8, 4) is 0 Å². The molecule has 0 aromatic carbocycles. The van der Waals surface area contributed by atoms with E-state index < -0.39 is 119 Å². The van der Waals surface area contributed by atoms with Crippen LogP contribution < -0.4 is 0 Å². The molecule has 4 unspecified atom stereocenters. The molecule has 0 aliphatic rings. The van der Waals surface area contributed by atoms with Crippen LogP contribution in [-0.2, 0) is 38.1 Å². The Morgan fingerprint density at radius 3 is 0.851 bits per heavy atom. The van der Waals surface area contributed by atoms with Gasteiger partial charge in [0.25, 0.3) is 11.8 Å². The molecule has 0 bridgehead atoms. The summed E-state index contributed by atoms with van der Waals surface area (Å²) in [6.45, 7) is 4.52. The van der Waals surface area contributed by atoms with E-state index in [0.29, 0.717) is 0 Å². The molecule has 0 saturated carbocycles. The summed E-state index contributed by atoms with van der Waals surface area (Å²) >= 11 is 0. The topological polar surface area (TPSA) is 314 Å². The summed E-state index contributed by atoms with van der Waals surface area (Å²) in [7, 11) is 0. The zero-order valence-electron chi connectivity index (χ0n) is 25.2. The number of hydrogen-bond acceptors (Lipinski definition) is 20. The fourth-order valence-electron chi connectivity index (χ4n) is 3.50. The zero-order chi connectivity index (χ0) is 36.6. The third-order valence-corrected chi connectivity index (χ3v) is 5.88. The van der Waals surface area contributed by atoms with E-state index >= 15 is 0 Å². The Kier molecular flexibility index (Phi) is 18.3. The van der Waals surface area contributed by atoms with E-state index in [-0.39, 0.29) is 9.80 Å². The molecule has 0 aromatic heterocycles. The van der Waals surface area contributed by atoms with Crippen molar-refractivity contribution in [1.82, 2.24) is 9.80 Å². The molecule has 20 nitrogen and oxygen atoms in total. The molecule has 0 aromatic rings. The van der Waals surface area contributed by atoms with E-state index in [0.717, 1.165) is 24.3 Å². The van der Waals surface area contributed by atoms with Gasteiger partial charge in [-0.3, -0.25) is 0 Å². The minimum absolute atomic E-state index is 0.0514. The van der Waals surface area contributed by atoms with Gasteiger partial charge in [0, 0.05) is 50.5 Å². The number of carbonyl (C=O) groups excluding carboxylic acids is 4. The zero-order valence-corrected chi connectivity index (χ0v) is 25.2. The lowest BCUT2D eigenvalue weighted by molar-refractivity contribution is -0.514. The molecule has 20 heteroatoms. The van der Waals surface area contributed by atoms with Crippen molar-refractivity contribution in [3.63, 3.8) is 0 Å². The summed E-state index contributed by atoms with van der Waals surface area (Å²) in [6.07, 6.45) is -4.73. The van der Waals surface area contributed by atoms with Crippen LogP contribution in [0.2, 0.25) is 0 Å². The lowest BCUT2D eigenvalue weighted by atomic mass is 10.0. The van der Waals surface area contributed by atoms with Gasteiger partial charge < -0.3 is 70.0 Å². The Bertz CT molecular complexity index is 948. The van der Waals surface area contributed by atoms with E-state index in [1.165, 1.54) is 0 Å². The van der Waals surface area contributed by atoms with E-state index in [9.17, 15) is 70.2 Å². The molecule has 0 amide bonds. The van der Waals surface area contributed by atoms with E-state index in [1.807, 2.05) is 0 Å². The molecule has 268 valence electrons. The Morgan fingerprint density at radius 2 is 0.681 bits per heavy atom. The van der Waals surface area contributed by atoms with Crippen molar-refractivity contribution in [3.05, 3.63) is 50.6 Å². The van der Waals surface area contributed by atoms with Gasteiger partial charge >= 0.3 is 29.7 Å². The van der Waals surface area contributed by atoms with Gasteiger partial charge in [-0.1, -0.05) is 26.3 Å². The van der Waals surface area contributed by atoms with Crippen LogP contribution in [0.5, 0.6) is 0 Å². The van der Waals surface area contributed by atoms with Crippen molar-refractivity contribution < 1.29 is 89.2 Å². The normalized spacial score (nSPS) is 14.7. The summed E-state index contributed by atoms with van der Waals surface area (Å²) < 4.78 is 18.5. The first kappa shape index (κ1) is 43.4. The number of ether oxygens (including phenoxy) is 4. The number of esters is 4. The molecule has 0 heterocycles. The van der Waals surface area contributed by atoms with Crippen molar-refractivity contribution in [2.24, 2.45) is 0 Å². The summed E-state index contributed by atoms with van der Waals surface area (Å²) in [5, 5.41) is 107. The van der Waals surface area contributed by atoms with Crippen LogP contribution in [0.1, 0.15) is 0 Å². The molecule has 0 rings (SSSR count). The highest BCUT2D eigenvalue weighted by Crippen LogP contribution is 2.34. The molecule has 0 fully saturated rings. The largest absolute Gasteiger partial charge is 0.460 e. The lowest BCUT2D eigenvalue weighted by Crippen LogP contribution is -2.79. The third kappa shape index (κ3) is 13.9. The van der Waals surface area contributed by atoms with Gasteiger partial charge in [-0.05, 0) is 0 Å². The Balaban J connectivity index is 6.58. The molecule has 0 spiro atoms. The monoisotopic (exact) mass is 682 g/mol. The lowest BCUT2D eigenvalue weighted by Gasteiger charge is -2.51. The first-order valence-corrected chi connectivity index (χ1v) is 13.4. The number of hydrogen-bond donors (Lipinski definition) is 10. The van der Waals surface area contributed by atoms with Crippen LogP contribution in [0.15, 0.2) is 50.6 Å². The van der Waals surface area contributed by atoms with Crippen LogP contribution in [0.25, 0.3) is 0 Å². The maximum atomic E-state index is 11.4. The number of rotatable bonds is 24. The molecule has 10 N–H and O–H groups in total. The van der Waals surface area contributed by atoms with E-state index in [2.05, 4.69) is 45.3 Å². The average Bonchev–Trinajstić information content (AvgIpc) is 3.02. The van der Waals surface area contributed by atoms with Crippen molar-refractivity contribution in [1.29, 1.82) is 0 Å². The van der Waals surface area contributed by atoms with Crippen LogP contribution >= 0.6 is 0 Å². The van der Waals surface area contributed by atoms with Crippen LogP contribution in [0, 0.1) is 0 Å². The van der Waals surface area contributed by atoms with Crippen molar-refractivity contribution in [2.45, 2.75) is 42.0 Å². The fourth-order valence-corrected chi connectivity index (χ4v) is 3.50. The summed E-state index contributed by atoms with van der Waals surface area (Å²) in [5.74, 6) is -17.4. The second kappa shape index (κ2) is 19.9. The van der Waals surface area contributed by atoms with Gasteiger partial charge in [-0.2, -0.15) is 0 Å². The smallest absolute Gasteiger partial charge is 0.330 e.